The van der Waals surface area contributed by atoms with E-state index in [2.05, 4.69) is 402 Å². The number of para-hydroxylation sites is 6. The quantitative estimate of drug-likeness (QED) is 0.171. The first-order valence-corrected chi connectivity index (χ1v) is 57.0. The van der Waals surface area contributed by atoms with E-state index in [-0.39, 0.29) is 49.4 Å². The van der Waals surface area contributed by atoms with E-state index in [1.54, 1.807) is 25.9 Å². The van der Waals surface area contributed by atoms with Crippen molar-refractivity contribution in [3.05, 3.63) is 297 Å². The zero-order valence-electron chi connectivity index (χ0n) is 89.0. The van der Waals surface area contributed by atoms with E-state index in [9.17, 15) is 0 Å². The number of anilines is 6. The first-order valence-electron chi connectivity index (χ1n) is 54.4. The zero-order valence-corrected chi connectivity index (χ0v) is 91.5. The van der Waals surface area contributed by atoms with Crippen LogP contribution in [-0.2, 0) is 65.2 Å². The highest BCUT2D eigenvalue weighted by molar-refractivity contribution is 7.11. The van der Waals surface area contributed by atoms with E-state index in [1.165, 1.54) is 240 Å². The summed E-state index contributed by atoms with van der Waals surface area (Å²) in [5.74, 6) is 7.31. The van der Waals surface area contributed by atoms with Crippen LogP contribution in [0.2, 0.25) is 0 Å². The van der Waals surface area contributed by atoms with Gasteiger partial charge in [-0.1, -0.05) is 197 Å². The third-order valence-electron chi connectivity index (χ3n) is 42.3. The van der Waals surface area contributed by atoms with Gasteiger partial charge in [-0.25, -0.2) is 15.0 Å². The molecule has 10 fully saturated rings. The van der Waals surface area contributed by atoms with Gasteiger partial charge in [0, 0.05) is 80.7 Å². The van der Waals surface area contributed by atoms with Crippen LogP contribution in [0.4, 0.5) is 34.1 Å². The molecule has 8 bridgehead atoms. The fraction of sp³-hybridized carbons (Fsp3) is 0.544. The fourth-order valence-electron chi connectivity index (χ4n) is 34.8. The molecule has 736 valence electrons. The van der Waals surface area contributed by atoms with Crippen molar-refractivity contribution in [2.45, 2.75) is 355 Å². The van der Waals surface area contributed by atoms with Crippen molar-refractivity contribution in [3.8, 4) is 0 Å². The average molecular weight is 1920 g/mol. The van der Waals surface area contributed by atoms with E-state index < -0.39 is 0 Å². The molecule has 14 heterocycles. The lowest BCUT2D eigenvalue weighted by molar-refractivity contribution is -0.0631. The second kappa shape index (κ2) is 33.5. The molecule has 6 aromatic carbocycles. The summed E-state index contributed by atoms with van der Waals surface area (Å²) < 4.78 is 6.90. The molecule has 8 aliphatic heterocycles. The molecule has 18 aliphatic rings. The van der Waals surface area contributed by atoms with Crippen LogP contribution in [0.15, 0.2) is 187 Å². The largest absolute Gasteiger partial charge is 0.353 e. The van der Waals surface area contributed by atoms with Gasteiger partial charge >= 0.3 is 0 Å². The average Bonchev–Trinajstić information content (AvgIpc) is 1.50. The predicted molar refractivity (Wildman–Crippen MR) is 586 cm³/mol. The molecule has 15 heteroatoms. The highest BCUT2D eigenvalue weighted by atomic mass is 32.1. The lowest BCUT2D eigenvalue weighted by atomic mass is 9.47. The van der Waals surface area contributed by atoms with Crippen molar-refractivity contribution in [3.63, 3.8) is 0 Å². The van der Waals surface area contributed by atoms with Crippen LogP contribution in [0, 0.1) is 99.7 Å². The minimum Gasteiger partial charge on any atom is -0.353 e. The molecule has 30 rings (SSSR count). The number of aromatic nitrogens is 6. The molecule has 8 atom stereocenters. The Labute approximate surface area is 850 Å². The molecule has 0 radical (unpaired) electrons. The number of thiophene rings is 3. The third kappa shape index (κ3) is 12.7. The van der Waals surface area contributed by atoms with Crippen molar-refractivity contribution in [2.75, 3.05) is 29.4 Å². The Bertz CT molecular complexity index is 6560. The molecule has 4 spiro atoms. The van der Waals surface area contributed by atoms with Gasteiger partial charge in [-0.05, 0) is 365 Å². The number of nitrogens with zero attached hydrogens (tertiary/aromatic N) is 12. The summed E-state index contributed by atoms with van der Waals surface area (Å²) >= 11 is 5.94. The molecular weight excluding hydrogens is 1770 g/mol. The first kappa shape index (κ1) is 94.4. The monoisotopic (exact) mass is 1920 g/mol. The number of benzene rings is 6. The highest BCUT2D eigenvalue weighted by Crippen LogP contribution is 2.75. The maximum atomic E-state index is 4.91. The number of hydrogen-bond acceptors (Lipinski definition) is 12. The van der Waals surface area contributed by atoms with Crippen LogP contribution < -0.4 is 29.4 Å². The fourth-order valence-corrected chi connectivity index (χ4v) is 38.8. The topological polar surface area (TPSA) is 72.9 Å². The molecule has 140 heavy (non-hydrogen) atoms. The van der Waals surface area contributed by atoms with E-state index in [0.717, 1.165) is 47.3 Å². The van der Waals surface area contributed by atoms with Gasteiger partial charge in [0.25, 0.3) is 0 Å². The van der Waals surface area contributed by atoms with Gasteiger partial charge in [-0.2, -0.15) is 0 Å². The van der Waals surface area contributed by atoms with Gasteiger partial charge in [0.2, 0.25) is 0 Å². The van der Waals surface area contributed by atoms with Crippen molar-refractivity contribution in [2.24, 2.45) is 79.3 Å². The van der Waals surface area contributed by atoms with Gasteiger partial charge in [0.05, 0.1) is 123 Å². The molecule has 8 unspecified atom stereocenters. The van der Waals surface area contributed by atoms with Crippen LogP contribution >= 0.6 is 34.0 Å². The van der Waals surface area contributed by atoms with Crippen LogP contribution in [-0.4, -0.2) is 28.7 Å². The summed E-state index contributed by atoms with van der Waals surface area (Å²) in [5.41, 5.74) is 34.4. The molecule has 10 saturated carbocycles. The van der Waals surface area contributed by atoms with Crippen molar-refractivity contribution >= 4 is 68.1 Å². The maximum absolute atomic E-state index is 4.91. The van der Waals surface area contributed by atoms with Crippen molar-refractivity contribution < 1.29 is 0 Å². The lowest BCUT2D eigenvalue weighted by Crippen LogP contribution is -2.62. The van der Waals surface area contributed by atoms with E-state index >= 15 is 0 Å². The first-order chi connectivity index (χ1) is 66.9. The molecule has 6 aromatic heterocycles. The molecular formula is C125H158N12S3. The summed E-state index contributed by atoms with van der Waals surface area (Å²) in [5, 5.41) is 6.92. The minimum atomic E-state index is 0.0402. The normalized spacial score (nSPS) is 31.6. The van der Waals surface area contributed by atoms with Crippen LogP contribution in [0.5, 0.6) is 0 Å². The number of hydrogen-bond donors (Lipinski definition) is 0. The predicted octanol–water partition coefficient (Wildman–Crippen LogP) is 32.1. The molecule has 0 saturated heterocycles. The smallest absolute Gasteiger partial charge is 0.0950 e. The van der Waals surface area contributed by atoms with Crippen molar-refractivity contribution in [1.82, 2.24) is 28.7 Å². The summed E-state index contributed by atoms with van der Waals surface area (Å²) in [6.45, 7) is 52.4. The lowest BCUT2D eigenvalue weighted by Gasteiger charge is -2.63. The van der Waals surface area contributed by atoms with Crippen LogP contribution in [0.1, 0.15) is 379 Å². The standard InChI is InChI=1S/C23H29N3.C23H27NS.2C21H27NS.C19H25N3.C18H23N3/c1-14-6-4-5-7-20(14)26-15(2)21-22(25(3)13-24-21)23(26)18-9-16-8-17(11-18)12-19(23)10-16;1-14-5-3-4-6-21(14)24-15(2)20-7-8-25-22(20)23(24)18-10-16-9-17(12-18)13-19(23)11-16;2*1-13-9-8-10-16-17(13)22-14(2)15-11-12-23-18(15)21(22,7)20(5,6)19(16,3)4;1-14-9-5-6-10-16(14)22-15(2)17-18(21(3)13-20-17)19(22)11-7-4-8-12-19;1-13-8-4-5-9-15(13)21-14(2)16-17(20(3)12-19-16)18(21)10-6-7-11-18/h4-7,13,15-19H,8-12H2,1-3H3;3-8,15-19H,9-13H2,1-2H3;2*8-12,14H,1-7H3;5-6,9-10,13,15H,4,7-8,11-12H2,1-3H3;4-5,8-9,12,14H,6-7,10-11H2,1-3H3. The minimum absolute atomic E-state index is 0.0402. The number of imidazole rings is 3. The Balaban J connectivity index is 0.0000000939. The van der Waals surface area contributed by atoms with E-state index in [0.29, 0.717) is 41.8 Å². The zero-order chi connectivity index (χ0) is 97.9. The Hall–Kier alpha value is -9.15. The third-order valence-corrected chi connectivity index (χ3v) is 45.6. The Morgan fingerprint density at radius 3 is 0.936 bits per heavy atom. The van der Waals surface area contributed by atoms with E-state index in [1.807, 2.05) is 35.3 Å². The summed E-state index contributed by atoms with van der Waals surface area (Å²) in [7, 11) is 6.54. The van der Waals surface area contributed by atoms with Crippen LogP contribution in [0.25, 0.3) is 0 Å². The van der Waals surface area contributed by atoms with E-state index in [4.69, 9.17) is 15.0 Å². The molecule has 12 nitrogen and oxygen atoms in total. The SMILES string of the molecule is Cc1cccc2c1N1C(C)c3ccsc3C1(C)C(C)(C)C2(C)C.Cc1cccc2c1N1C(C)c3ccsc3C1(C)C(C)(C)C2(C)C.Cc1ccccc1N1C(C)c2ccsc2C12C1CC3CC(C1)CC2C3.Cc1ccccc1N1C(C)c2ncn(C)c2C12C1CC3CC(C1)CC2C3.Cc1ccccc1N1C(C)c2ncn(C)c2C12CCCC2.Cc1ccccc1N1C(C)c2ncn(C)c2C12CCCCC2. The summed E-state index contributed by atoms with van der Waals surface area (Å²) in [6, 6.07) is 59.0. The second-order valence-electron chi connectivity index (χ2n) is 49.5. The van der Waals surface area contributed by atoms with Gasteiger partial charge < -0.3 is 43.1 Å². The summed E-state index contributed by atoms with van der Waals surface area (Å²) in [6.07, 6.45) is 32.3. The maximum Gasteiger partial charge on any atom is 0.0950 e. The molecule has 12 aromatic rings. The van der Waals surface area contributed by atoms with Gasteiger partial charge in [-0.15, -0.1) is 34.0 Å². The number of fused-ring (bicyclic) bond motifs is 16. The molecule has 10 aliphatic carbocycles. The second-order valence-corrected chi connectivity index (χ2v) is 52.2. The van der Waals surface area contributed by atoms with Crippen LogP contribution in [0.3, 0.4) is 0 Å². The Kier molecular flexibility index (Phi) is 22.6. The van der Waals surface area contributed by atoms with Crippen molar-refractivity contribution in [1.29, 1.82) is 0 Å². The highest BCUT2D eigenvalue weighted by Gasteiger charge is 2.71. The van der Waals surface area contributed by atoms with Gasteiger partial charge in [-0.3, -0.25) is 0 Å². The molecule has 0 amide bonds. The molecule has 0 N–H and O–H groups in total. The number of aryl methyl sites for hydroxylation is 9. The van der Waals surface area contributed by atoms with Gasteiger partial charge in [0.1, 0.15) is 0 Å². The number of rotatable bonds is 4. The Morgan fingerprint density at radius 1 is 0.286 bits per heavy atom. The summed E-state index contributed by atoms with van der Waals surface area (Å²) in [4.78, 5) is 35.8. The van der Waals surface area contributed by atoms with Gasteiger partial charge in [0.15, 0.2) is 0 Å². The Morgan fingerprint density at radius 2 is 0.571 bits per heavy atom.